The van der Waals surface area contributed by atoms with Gasteiger partial charge in [0.2, 0.25) is 5.43 Å². The van der Waals surface area contributed by atoms with Crippen molar-refractivity contribution < 1.29 is 13.6 Å². The summed E-state index contributed by atoms with van der Waals surface area (Å²) in [6.07, 6.45) is 2.03. The molecule has 2 rings (SSSR count). The molecular formula is C17H21F2N3O2. The Morgan fingerprint density at radius 2 is 1.83 bits per heavy atom. The van der Waals surface area contributed by atoms with E-state index >= 15 is 0 Å². The van der Waals surface area contributed by atoms with Gasteiger partial charge >= 0.3 is 0 Å². The van der Waals surface area contributed by atoms with Gasteiger partial charge in [-0.25, -0.2) is 8.78 Å². The van der Waals surface area contributed by atoms with Crippen molar-refractivity contribution in [2.24, 2.45) is 0 Å². The predicted octanol–water partition coefficient (Wildman–Crippen LogP) is 2.46. The molecule has 0 unspecified atom stereocenters. The van der Waals surface area contributed by atoms with Crippen LogP contribution in [0.2, 0.25) is 0 Å². The lowest BCUT2D eigenvalue weighted by molar-refractivity contribution is 0.0825. The summed E-state index contributed by atoms with van der Waals surface area (Å²) in [5.74, 6) is -2.13. The molecule has 2 aromatic rings. The van der Waals surface area contributed by atoms with E-state index in [1.54, 1.807) is 0 Å². The first-order chi connectivity index (χ1) is 11.2. The lowest BCUT2D eigenvalue weighted by Gasteiger charge is -2.20. The molecule has 1 aromatic carbocycles. The van der Waals surface area contributed by atoms with E-state index < -0.39 is 23.0 Å². The van der Waals surface area contributed by atoms with Crippen LogP contribution < -0.4 is 10.3 Å². The van der Waals surface area contributed by atoms with Gasteiger partial charge in [0, 0.05) is 40.9 Å². The number of aryl methyl sites for hydroxylation is 1. The number of pyridine rings is 1. The summed E-state index contributed by atoms with van der Waals surface area (Å²) in [6.45, 7) is 2.30. The van der Waals surface area contributed by atoms with Gasteiger partial charge in [-0.3, -0.25) is 9.59 Å². The van der Waals surface area contributed by atoms with Crippen LogP contribution >= 0.6 is 0 Å². The van der Waals surface area contributed by atoms with Gasteiger partial charge in [0.1, 0.15) is 17.1 Å². The molecule has 0 aliphatic carbocycles. The van der Waals surface area contributed by atoms with Crippen molar-refractivity contribution in [1.82, 2.24) is 9.47 Å². The van der Waals surface area contributed by atoms with Gasteiger partial charge in [-0.1, -0.05) is 6.92 Å². The molecule has 1 heterocycles. The maximum atomic E-state index is 14.9. The standard InChI is InChI=1S/C17H21F2N3O2/c1-6-7-22-9-11(17(24)21(4)5)16(23)10-8-12(18)15(20(2)3)13(19)14(10)22/h8-9H,6-7H2,1-5H3. The fraction of sp³-hybridized carbons (Fsp3) is 0.412. The first-order valence-corrected chi connectivity index (χ1v) is 7.64. The number of rotatable bonds is 4. The quantitative estimate of drug-likeness (QED) is 0.861. The van der Waals surface area contributed by atoms with E-state index in [0.717, 1.165) is 6.07 Å². The minimum atomic E-state index is -0.834. The van der Waals surface area contributed by atoms with Crippen LogP contribution in [0.5, 0.6) is 0 Å². The van der Waals surface area contributed by atoms with E-state index in [4.69, 9.17) is 0 Å². The Morgan fingerprint density at radius 1 is 1.21 bits per heavy atom. The number of halogens is 2. The summed E-state index contributed by atoms with van der Waals surface area (Å²) in [5.41, 5.74) is -0.961. The van der Waals surface area contributed by atoms with Crippen molar-refractivity contribution >= 4 is 22.5 Å². The summed E-state index contributed by atoms with van der Waals surface area (Å²) >= 11 is 0. The van der Waals surface area contributed by atoms with Crippen LogP contribution in [0.15, 0.2) is 17.1 Å². The third kappa shape index (κ3) is 2.86. The molecule has 5 nitrogen and oxygen atoms in total. The second kappa shape index (κ2) is 6.59. The molecule has 0 bridgehead atoms. The first-order valence-electron chi connectivity index (χ1n) is 7.64. The molecule has 0 aliphatic heterocycles. The Balaban J connectivity index is 2.97. The molecular weight excluding hydrogens is 316 g/mol. The van der Waals surface area contributed by atoms with Crippen LogP contribution in [-0.2, 0) is 6.54 Å². The molecule has 0 atom stereocenters. The van der Waals surface area contributed by atoms with Gasteiger partial charge in [-0.05, 0) is 12.5 Å². The molecule has 0 aliphatic rings. The number of anilines is 1. The van der Waals surface area contributed by atoms with Crippen molar-refractivity contribution in [2.45, 2.75) is 19.9 Å². The topological polar surface area (TPSA) is 45.6 Å². The molecule has 7 heteroatoms. The lowest BCUT2D eigenvalue weighted by atomic mass is 10.1. The van der Waals surface area contributed by atoms with Crippen molar-refractivity contribution in [3.8, 4) is 0 Å². The number of amides is 1. The molecule has 130 valence electrons. The highest BCUT2D eigenvalue weighted by atomic mass is 19.1. The Hall–Kier alpha value is -2.44. The molecule has 24 heavy (non-hydrogen) atoms. The normalized spacial score (nSPS) is 11.0. The molecule has 1 amide bonds. The zero-order valence-electron chi connectivity index (χ0n) is 14.5. The average Bonchev–Trinajstić information content (AvgIpc) is 2.48. The second-order valence-electron chi connectivity index (χ2n) is 6.08. The van der Waals surface area contributed by atoms with Crippen molar-refractivity contribution in [3.05, 3.63) is 39.7 Å². The minimum absolute atomic E-state index is 0.0160. The molecule has 0 radical (unpaired) electrons. The predicted molar refractivity (Wildman–Crippen MR) is 90.8 cm³/mol. The van der Waals surface area contributed by atoms with Crippen LogP contribution in [0.1, 0.15) is 23.7 Å². The van der Waals surface area contributed by atoms with E-state index in [0.29, 0.717) is 13.0 Å². The molecule has 0 N–H and O–H groups in total. The smallest absolute Gasteiger partial charge is 0.258 e. The van der Waals surface area contributed by atoms with Gasteiger partial charge < -0.3 is 14.4 Å². The number of aromatic nitrogens is 1. The SMILES string of the molecule is CCCn1cc(C(=O)N(C)C)c(=O)c2cc(F)c(N(C)C)c(F)c21. The number of fused-ring (bicyclic) bond motifs is 1. The fourth-order valence-corrected chi connectivity index (χ4v) is 2.70. The molecule has 0 spiro atoms. The highest BCUT2D eigenvalue weighted by Crippen LogP contribution is 2.29. The van der Waals surface area contributed by atoms with Crippen LogP contribution in [0.4, 0.5) is 14.5 Å². The second-order valence-corrected chi connectivity index (χ2v) is 6.08. The summed E-state index contributed by atoms with van der Waals surface area (Å²) < 4.78 is 30.7. The van der Waals surface area contributed by atoms with Crippen LogP contribution in [0, 0.1) is 11.6 Å². The number of hydrogen-bond acceptors (Lipinski definition) is 3. The third-order valence-electron chi connectivity index (χ3n) is 3.78. The van der Waals surface area contributed by atoms with E-state index in [1.807, 2.05) is 6.92 Å². The first kappa shape index (κ1) is 17.9. The Labute approximate surface area is 139 Å². The Kier molecular flexibility index (Phi) is 4.91. The maximum absolute atomic E-state index is 14.9. The molecule has 0 fully saturated rings. The summed E-state index contributed by atoms with van der Waals surface area (Å²) in [5, 5.41) is -0.128. The molecule has 0 saturated carbocycles. The fourth-order valence-electron chi connectivity index (χ4n) is 2.70. The third-order valence-corrected chi connectivity index (χ3v) is 3.78. The number of carbonyl (C=O) groups excluding carboxylic acids is 1. The van der Waals surface area contributed by atoms with Gasteiger partial charge in [0.15, 0.2) is 5.82 Å². The Bertz CT molecular complexity index is 857. The number of carbonyl (C=O) groups is 1. The molecule has 0 saturated heterocycles. The van der Waals surface area contributed by atoms with E-state index in [9.17, 15) is 18.4 Å². The summed E-state index contributed by atoms with van der Waals surface area (Å²) in [4.78, 5) is 27.4. The van der Waals surface area contributed by atoms with Crippen LogP contribution in [0.25, 0.3) is 10.9 Å². The highest BCUT2D eigenvalue weighted by molar-refractivity contribution is 5.97. The average molecular weight is 337 g/mol. The molecule has 1 aromatic heterocycles. The van der Waals surface area contributed by atoms with E-state index in [-0.39, 0.29) is 22.2 Å². The van der Waals surface area contributed by atoms with Crippen molar-refractivity contribution in [3.63, 3.8) is 0 Å². The summed E-state index contributed by atoms with van der Waals surface area (Å²) in [6, 6.07) is 1.01. The number of nitrogens with zero attached hydrogens (tertiary/aromatic N) is 3. The number of benzene rings is 1. The minimum Gasteiger partial charge on any atom is -0.373 e. The summed E-state index contributed by atoms with van der Waals surface area (Å²) in [7, 11) is 6.10. The maximum Gasteiger partial charge on any atom is 0.258 e. The van der Waals surface area contributed by atoms with Crippen LogP contribution in [-0.4, -0.2) is 43.6 Å². The van der Waals surface area contributed by atoms with Gasteiger partial charge in [0.05, 0.1) is 10.9 Å². The van der Waals surface area contributed by atoms with E-state index in [2.05, 4.69) is 0 Å². The monoisotopic (exact) mass is 337 g/mol. The zero-order valence-corrected chi connectivity index (χ0v) is 14.5. The van der Waals surface area contributed by atoms with Crippen molar-refractivity contribution in [2.75, 3.05) is 33.1 Å². The zero-order chi connectivity index (χ0) is 18.2. The highest BCUT2D eigenvalue weighted by Gasteiger charge is 2.23. The Morgan fingerprint density at radius 3 is 2.33 bits per heavy atom. The van der Waals surface area contributed by atoms with Gasteiger partial charge in [0.25, 0.3) is 5.91 Å². The number of hydrogen-bond donors (Lipinski definition) is 0. The van der Waals surface area contributed by atoms with E-state index in [1.165, 1.54) is 48.8 Å². The van der Waals surface area contributed by atoms with Gasteiger partial charge in [-0.15, -0.1) is 0 Å². The van der Waals surface area contributed by atoms with Crippen molar-refractivity contribution in [1.29, 1.82) is 0 Å². The lowest BCUT2D eigenvalue weighted by Crippen LogP contribution is -2.29. The largest absolute Gasteiger partial charge is 0.373 e. The van der Waals surface area contributed by atoms with Gasteiger partial charge in [-0.2, -0.15) is 0 Å². The van der Waals surface area contributed by atoms with Crippen LogP contribution in [0.3, 0.4) is 0 Å².